The normalized spacial score (nSPS) is 13.9. The first-order valence-electron chi connectivity index (χ1n) is 5.83. The number of anilines is 1. The summed E-state index contributed by atoms with van der Waals surface area (Å²) in [6.07, 6.45) is 4.87. The van der Waals surface area contributed by atoms with Gasteiger partial charge in [-0.1, -0.05) is 12.1 Å². The molecule has 1 N–H and O–H groups in total. The van der Waals surface area contributed by atoms with Gasteiger partial charge in [0.1, 0.15) is 0 Å². The number of pyridine rings is 2. The number of nitrogens with zero attached hydrogens (tertiary/aromatic N) is 2. The molecule has 3 heterocycles. The second-order valence-electron chi connectivity index (χ2n) is 4.37. The van der Waals surface area contributed by atoms with Gasteiger partial charge in [-0.05, 0) is 24.1 Å². The van der Waals surface area contributed by atoms with Crippen LogP contribution in [0.3, 0.4) is 0 Å². The van der Waals surface area contributed by atoms with E-state index in [-0.39, 0.29) is 0 Å². The minimum absolute atomic E-state index is 0.988. The molecule has 0 fully saturated rings. The highest BCUT2D eigenvalue weighted by Crippen LogP contribution is 2.32. The van der Waals surface area contributed by atoms with E-state index >= 15 is 0 Å². The van der Waals surface area contributed by atoms with E-state index in [1.165, 1.54) is 16.6 Å². The Balaban J connectivity index is 2.22. The molecule has 3 nitrogen and oxygen atoms in total. The van der Waals surface area contributed by atoms with Gasteiger partial charge >= 0.3 is 0 Å². The van der Waals surface area contributed by atoms with Gasteiger partial charge in [0, 0.05) is 35.4 Å². The maximum absolute atomic E-state index is 4.58. The van der Waals surface area contributed by atoms with Crippen LogP contribution < -0.4 is 5.32 Å². The fraction of sp³-hybridized carbons (Fsp3) is 0.143. The van der Waals surface area contributed by atoms with Crippen molar-refractivity contribution in [3.63, 3.8) is 0 Å². The molecule has 4 rings (SSSR count). The summed E-state index contributed by atoms with van der Waals surface area (Å²) >= 11 is 0. The molecule has 82 valence electrons. The molecule has 1 aromatic carbocycles. The number of benzene rings is 1. The summed E-state index contributed by atoms with van der Waals surface area (Å²) in [5.74, 6) is 0. The molecule has 2 aromatic heterocycles. The topological polar surface area (TPSA) is 37.8 Å². The van der Waals surface area contributed by atoms with Gasteiger partial charge in [-0.25, -0.2) is 0 Å². The SMILES string of the molecule is c1cnc2c(c1)ccc1c3c(cnc12)CCN3. The lowest BCUT2D eigenvalue weighted by atomic mass is 10.1. The number of hydrogen-bond donors (Lipinski definition) is 1. The molecular formula is C14H11N3. The Morgan fingerprint density at radius 2 is 2.06 bits per heavy atom. The number of fused-ring (bicyclic) bond motifs is 5. The number of nitrogens with one attached hydrogen (secondary N) is 1. The molecule has 0 spiro atoms. The van der Waals surface area contributed by atoms with Crippen molar-refractivity contribution in [2.24, 2.45) is 0 Å². The Labute approximate surface area is 98.5 Å². The highest BCUT2D eigenvalue weighted by atomic mass is 14.9. The largest absolute Gasteiger partial charge is 0.384 e. The predicted octanol–water partition coefficient (Wildman–Crippen LogP) is 2.75. The van der Waals surface area contributed by atoms with E-state index in [4.69, 9.17) is 0 Å². The quantitative estimate of drug-likeness (QED) is 0.593. The molecule has 1 aliphatic heterocycles. The zero-order chi connectivity index (χ0) is 11.2. The Morgan fingerprint density at radius 3 is 3.06 bits per heavy atom. The van der Waals surface area contributed by atoms with E-state index in [2.05, 4.69) is 33.5 Å². The van der Waals surface area contributed by atoms with Gasteiger partial charge in [0.05, 0.1) is 11.0 Å². The minimum Gasteiger partial charge on any atom is -0.384 e. The van der Waals surface area contributed by atoms with E-state index in [9.17, 15) is 0 Å². The van der Waals surface area contributed by atoms with Gasteiger partial charge in [-0.15, -0.1) is 0 Å². The van der Waals surface area contributed by atoms with Gasteiger partial charge < -0.3 is 5.32 Å². The first-order valence-corrected chi connectivity index (χ1v) is 5.83. The van der Waals surface area contributed by atoms with Crippen LogP contribution in [0.15, 0.2) is 36.7 Å². The van der Waals surface area contributed by atoms with Crippen LogP contribution in [0, 0.1) is 0 Å². The van der Waals surface area contributed by atoms with Gasteiger partial charge in [0.15, 0.2) is 0 Å². The third-order valence-electron chi connectivity index (χ3n) is 3.38. The van der Waals surface area contributed by atoms with E-state index < -0.39 is 0 Å². The first-order chi connectivity index (χ1) is 8.43. The number of aromatic nitrogens is 2. The zero-order valence-electron chi connectivity index (χ0n) is 9.27. The van der Waals surface area contributed by atoms with E-state index in [0.717, 1.165) is 29.4 Å². The average molecular weight is 221 g/mol. The maximum Gasteiger partial charge on any atom is 0.0985 e. The van der Waals surface area contributed by atoms with Crippen LogP contribution in [0.1, 0.15) is 5.56 Å². The second-order valence-corrected chi connectivity index (χ2v) is 4.37. The maximum atomic E-state index is 4.58. The zero-order valence-corrected chi connectivity index (χ0v) is 9.27. The van der Waals surface area contributed by atoms with E-state index in [0.29, 0.717) is 0 Å². The van der Waals surface area contributed by atoms with Crippen LogP contribution in [0.4, 0.5) is 5.69 Å². The lowest BCUT2D eigenvalue weighted by Gasteiger charge is -2.07. The monoisotopic (exact) mass is 221 g/mol. The standard InChI is InChI=1S/C14H11N3/c1-2-9-3-4-11-12-10(5-7-16-12)8-17-14(11)13(9)15-6-1/h1-4,6,8,16H,5,7H2. The van der Waals surface area contributed by atoms with Crippen LogP contribution >= 0.6 is 0 Å². The molecule has 0 bridgehead atoms. The molecule has 3 heteroatoms. The van der Waals surface area contributed by atoms with Crippen molar-refractivity contribution in [3.05, 3.63) is 42.2 Å². The Morgan fingerprint density at radius 1 is 1.06 bits per heavy atom. The summed E-state index contributed by atoms with van der Waals surface area (Å²) in [7, 11) is 0. The van der Waals surface area contributed by atoms with Crippen LogP contribution in [0.2, 0.25) is 0 Å². The van der Waals surface area contributed by atoms with Crippen molar-refractivity contribution in [2.75, 3.05) is 11.9 Å². The highest BCUT2D eigenvalue weighted by molar-refractivity contribution is 6.07. The molecule has 17 heavy (non-hydrogen) atoms. The summed E-state index contributed by atoms with van der Waals surface area (Å²) < 4.78 is 0. The van der Waals surface area contributed by atoms with E-state index in [1.807, 2.05) is 18.5 Å². The molecule has 0 radical (unpaired) electrons. The third-order valence-corrected chi connectivity index (χ3v) is 3.38. The summed E-state index contributed by atoms with van der Waals surface area (Å²) in [6.45, 7) is 1.01. The van der Waals surface area contributed by atoms with Gasteiger partial charge in [0.2, 0.25) is 0 Å². The average Bonchev–Trinajstić information content (AvgIpc) is 2.86. The lowest BCUT2D eigenvalue weighted by molar-refractivity contribution is 1.10. The van der Waals surface area contributed by atoms with Gasteiger partial charge in [-0.3, -0.25) is 9.97 Å². The minimum atomic E-state index is 0.988. The van der Waals surface area contributed by atoms with E-state index in [1.54, 1.807) is 0 Å². The van der Waals surface area contributed by atoms with Crippen molar-refractivity contribution >= 4 is 27.5 Å². The number of hydrogen-bond acceptors (Lipinski definition) is 3. The Hall–Kier alpha value is -2.16. The highest BCUT2D eigenvalue weighted by Gasteiger charge is 2.15. The van der Waals surface area contributed by atoms with Gasteiger partial charge in [-0.2, -0.15) is 0 Å². The molecule has 0 amide bonds. The fourth-order valence-electron chi connectivity index (χ4n) is 2.56. The summed E-state index contributed by atoms with van der Waals surface area (Å²) in [5, 5.41) is 5.77. The summed E-state index contributed by atoms with van der Waals surface area (Å²) in [6, 6.07) is 8.29. The third kappa shape index (κ3) is 1.16. The predicted molar refractivity (Wildman–Crippen MR) is 69.2 cm³/mol. The van der Waals surface area contributed by atoms with Crippen LogP contribution in [0.5, 0.6) is 0 Å². The molecule has 0 saturated carbocycles. The fourth-order valence-corrected chi connectivity index (χ4v) is 2.56. The molecular weight excluding hydrogens is 210 g/mol. The lowest BCUT2D eigenvalue weighted by Crippen LogP contribution is -1.93. The van der Waals surface area contributed by atoms with Gasteiger partial charge in [0.25, 0.3) is 0 Å². The van der Waals surface area contributed by atoms with Crippen molar-refractivity contribution in [1.29, 1.82) is 0 Å². The smallest absolute Gasteiger partial charge is 0.0985 e. The van der Waals surface area contributed by atoms with Crippen LogP contribution in [-0.4, -0.2) is 16.5 Å². The van der Waals surface area contributed by atoms with Crippen LogP contribution in [0.25, 0.3) is 21.8 Å². The molecule has 0 unspecified atom stereocenters. The Bertz CT molecular complexity index is 734. The van der Waals surface area contributed by atoms with Crippen molar-refractivity contribution < 1.29 is 0 Å². The Kier molecular flexibility index (Phi) is 1.66. The van der Waals surface area contributed by atoms with Crippen molar-refractivity contribution in [2.45, 2.75) is 6.42 Å². The molecule has 3 aromatic rings. The molecule has 1 aliphatic rings. The van der Waals surface area contributed by atoms with Crippen molar-refractivity contribution in [3.8, 4) is 0 Å². The first kappa shape index (κ1) is 8.93. The summed E-state index contributed by atoms with van der Waals surface area (Å²) in [4.78, 5) is 9.02. The second kappa shape index (κ2) is 3.17. The summed E-state index contributed by atoms with van der Waals surface area (Å²) in [5.41, 5.74) is 4.54. The van der Waals surface area contributed by atoms with Crippen LogP contribution in [-0.2, 0) is 6.42 Å². The number of rotatable bonds is 0. The van der Waals surface area contributed by atoms with Crippen molar-refractivity contribution in [1.82, 2.24) is 9.97 Å². The molecule has 0 aliphatic carbocycles. The molecule has 0 saturated heterocycles. The molecule has 0 atom stereocenters.